The van der Waals surface area contributed by atoms with Crippen LogP contribution in [0, 0.1) is 55.4 Å². The fourth-order valence-corrected chi connectivity index (χ4v) is 15.4. The Morgan fingerprint density at radius 1 is 0.137 bits per heavy atom. The van der Waals surface area contributed by atoms with Crippen molar-refractivity contribution in [3.05, 3.63) is 392 Å². The van der Waals surface area contributed by atoms with Gasteiger partial charge in [-0.1, -0.05) is 126 Å². The maximum atomic E-state index is 10.8. The van der Waals surface area contributed by atoms with Gasteiger partial charge < -0.3 is 117 Å². The first-order chi connectivity index (χ1) is 62.1. The second kappa shape index (κ2) is 41.9. The van der Waals surface area contributed by atoms with E-state index < -0.39 is 0 Å². The van der Waals surface area contributed by atoms with Crippen LogP contribution in [0.4, 0.5) is 0 Å². The van der Waals surface area contributed by atoms with Gasteiger partial charge in [0.25, 0.3) is 0 Å². The molecule has 15 rings (SSSR count). The molecule has 131 heavy (non-hydrogen) atoms. The van der Waals surface area contributed by atoms with E-state index in [1.165, 1.54) is 66.7 Å². The highest BCUT2D eigenvalue weighted by atomic mass is 16.3. The van der Waals surface area contributed by atoms with Crippen molar-refractivity contribution in [2.45, 2.75) is 120 Å². The van der Waals surface area contributed by atoms with Crippen molar-refractivity contribution in [2.75, 3.05) is 0 Å². The normalized spacial score (nSPS) is 10.8. The average Bonchev–Trinajstić information content (AvgIpc) is 0.853. The summed E-state index contributed by atoms with van der Waals surface area (Å²) in [6, 6.07) is 64.3. The molecule has 0 spiro atoms. The summed E-state index contributed by atoms with van der Waals surface area (Å²) < 4.78 is 0. The summed E-state index contributed by atoms with van der Waals surface area (Å²) in [4.78, 5) is 0. The Bertz CT molecular complexity index is 6200. The first kappa shape index (κ1) is 95.4. The van der Waals surface area contributed by atoms with Gasteiger partial charge in [-0.2, -0.15) is 0 Å². The van der Waals surface area contributed by atoms with Crippen LogP contribution in [0.25, 0.3) is 0 Å². The van der Waals surface area contributed by atoms with Crippen molar-refractivity contribution < 1.29 is 117 Å². The molecule has 15 aromatic rings. The molecule has 15 aromatic carbocycles. The number of aromatic hydroxyl groups is 23. The van der Waals surface area contributed by atoms with Gasteiger partial charge in [0.05, 0.1) is 0 Å². The van der Waals surface area contributed by atoms with Gasteiger partial charge in [0.15, 0.2) is 23.0 Å². The quantitative estimate of drug-likeness (QED) is 0.0315. The lowest BCUT2D eigenvalue weighted by Gasteiger charge is -2.15. The molecule has 0 radical (unpaired) electrons. The smallest absolute Gasteiger partial charge is 0.157 e. The van der Waals surface area contributed by atoms with E-state index in [9.17, 15) is 117 Å². The van der Waals surface area contributed by atoms with Crippen LogP contribution in [-0.4, -0.2) is 117 Å². The molecule has 0 heterocycles. The summed E-state index contributed by atoms with van der Waals surface area (Å²) in [5.74, 6) is 0.590. The van der Waals surface area contributed by atoms with Gasteiger partial charge in [-0.3, -0.25) is 0 Å². The van der Waals surface area contributed by atoms with Gasteiger partial charge >= 0.3 is 0 Å². The molecule has 0 aliphatic heterocycles. The second-order valence-corrected chi connectivity index (χ2v) is 33.0. The third kappa shape index (κ3) is 24.7. The van der Waals surface area contributed by atoms with Crippen LogP contribution >= 0.6 is 0 Å². The molecule has 0 aliphatic rings. The topological polar surface area (TPSA) is 465 Å². The molecule has 0 fully saturated rings. The third-order valence-electron chi connectivity index (χ3n) is 22.8. The number of phenols is 23. The zero-order valence-corrected chi connectivity index (χ0v) is 73.4. The highest BCUT2D eigenvalue weighted by molar-refractivity contribution is 5.61. The molecule has 0 amide bonds. The van der Waals surface area contributed by atoms with Crippen LogP contribution in [0.5, 0.6) is 132 Å². The molecule has 0 saturated heterocycles. The lowest BCUT2D eigenvalue weighted by molar-refractivity contribution is 0.402. The summed E-state index contributed by atoms with van der Waals surface area (Å²) in [5.41, 5.74) is 20.3. The van der Waals surface area contributed by atoms with Crippen LogP contribution in [0.3, 0.4) is 0 Å². The molecular weight excluding hydrogens is 1670 g/mol. The Labute approximate surface area is 757 Å². The summed E-state index contributed by atoms with van der Waals surface area (Å²) in [6.07, 6.45) is 3.99. The van der Waals surface area contributed by atoms with Crippen molar-refractivity contribution >= 4 is 0 Å². The van der Waals surface area contributed by atoms with E-state index in [0.717, 1.165) is 72.3 Å². The van der Waals surface area contributed by atoms with Gasteiger partial charge in [0.1, 0.15) is 109 Å². The van der Waals surface area contributed by atoms with Crippen molar-refractivity contribution in [3.63, 3.8) is 0 Å². The number of rotatable bonds is 20. The Morgan fingerprint density at radius 2 is 0.359 bits per heavy atom. The number of phenolic OH excluding ortho intramolecular Hbond substituents is 23. The van der Waals surface area contributed by atoms with Crippen molar-refractivity contribution in [3.8, 4) is 132 Å². The summed E-state index contributed by atoms with van der Waals surface area (Å²) in [6.45, 7) is 14.4. The SMILES string of the molecule is Cc1c(O)c(Cc2ccc(O)cc2)cc(Cc2ccc(O)cc2)c1O.Cc1cc(Cc2cc(O)c(O)cc2C)c(O)c(Cc2cc(O)c(O)cc2C)c1.Cc1cc(Cc2ccc(O)c(C)c2O)c(O)c(Cc2ccc(O)c(C)c2O)c1.Cc1cc(Cc2ccc(O)cc2O)c(O)c(Cc2ccc(O)cc2O)c1.Oc1ccc(Cc2cc(Cc3ccc(O)cc3)c(O)cc2O)cc1. The van der Waals surface area contributed by atoms with Gasteiger partial charge in [0, 0.05) is 99.1 Å². The summed E-state index contributed by atoms with van der Waals surface area (Å²) in [7, 11) is 0. The molecule has 0 aromatic heterocycles. The van der Waals surface area contributed by atoms with Gasteiger partial charge in [-0.15, -0.1) is 0 Å². The van der Waals surface area contributed by atoms with E-state index in [-0.39, 0.29) is 132 Å². The number of hydrogen-bond donors (Lipinski definition) is 23. The molecule has 676 valence electrons. The largest absolute Gasteiger partial charge is 0.508 e. The minimum absolute atomic E-state index is 0.00857. The first-order valence-corrected chi connectivity index (χ1v) is 41.8. The molecule has 23 nitrogen and oxygen atoms in total. The third-order valence-corrected chi connectivity index (χ3v) is 22.8. The zero-order valence-electron chi connectivity index (χ0n) is 73.4. The summed E-state index contributed by atoms with van der Waals surface area (Å²) in [5, 5.41) is 228. The fourth-order valence-electron chi connectivity index (χ4n) is 15.4. The number of aryl methyl sites for hydroxylation is 5. The highest BCUT2D eigenvalue weighted by Crippen LogP contribution is 2.43. The van der Waals surface area contributed by atoms with E-state index in [0.29, 0.717) is 148 Å². The molecule has 0 unspecified atom stereocenters. The van der Waals surface area contributed by atoms with Crippen LogP contribution < -0.4 is 0 Å². The zero-order chi connectivity index (χ0) is 95.1. The fraction of sp³-hybridized carbons (Fsp3) is 0.167. The van der Waals surface area contributed by atoms with Crippen molar-refractivity contribution in [2.24, 2.45) is 0 Å². The minimum Gasteiger partial charge on any atom is -0.508 e. The maximum Gasteiger partial charge on any atom is 0.157 e. The number of hydrogen-bond acceptors (Lipinski definition) is 23. The summed E-state index contributed by atoms with van der Waals surface area (Å²) >= 11 is 0. The molecular formula is C108H106O23. The van der Waals surface area contributed by atoms with Gasteiger partial charge in [-0.25, -0.2) is 0 Å². The Hall–Kier alpha value is -16.3. The highest BCUT2D eigenvalue weighted by Gasteiger charge is 2.23. The van der Waals surface area contributed by atoms with Crippen molar-refractivity contribution in [1.82, 2.24) is 0 Å². The standard InChI is InChI=1S/2C23H24O5.C21H20O5.C21H20O4.C20H18O4/c1-12-4-17(8-15-10-21(26)19(24)6-13(15)2)23(28)18(5-12)9-16-11-22(27)20(25)7-14(16)3;1-12-8-17(10-15-4-6-19(24)13(2)21(15)26)23(28)18(9-12)11-16-5-7-20(25)14(3)22(16)27;1-12-6-15(8-13-2-4-17(22)10-19(13)24)21(26)16(7-12)9-14-3-5-18(23)11-20(14)25;1-13-20(24)16(10-14-2-6-18(22)7-3-14)12-17(21(13)25)11-15-4-8-19(23)9-5-15;21-17-5-1-13(2-6-17)9-15-11-16(20(24)12-19(15)23)10-14-3-7-18(22)8-4-14/h4-7,10-11,24-28H,8-9H2,1-3H3;4-9,24-28H,10-11H2,1-3H3;2-7,10-11,22-26H,8-9H2,1H3;2-9,12,22-25H,10-11H2,1H3;1-8,11-12,21-24H,9-10H2. The molecule has 0 bridgehead atoms. The molecule has 0 saturated carbocycles. The second-order valence-electron chi connectivity index (χ2n) is 33.0. The predicted molar refractivity (Wildman–Crippen MR) is 501 cm³/mol. The lowest BCUT2D eigenvalue weighted by Crippen LogP contribution is -1.99. The Kier molecular flexibility index (Phi) is 30.5. The van der Waals surface area contributed by atoms with E-state index in [4.69, 9.17) is 0 Å². The maximum absolute atomic E-state index is 10.8. The van der Waals surface area contributed by atoms with Crippen LogP contribution in [0.2, 0.25) is 0 Å². The minimum atomic E-state index is -0.192. The number of benzene rings is 15. The van der Waals surface area contributed by atoms with E-state index >= 15 is 0 Å². The Morgan fingerprint density at radius 3 is 0.649 bits per heavy atom. The van der Waals surface area contributed by atoms with E-state index in [2.05, 4.69) is 0 Å². The monoisotopic (exact) mass is 1770 g/mol. The van der Waals surface area contributed by atoms with Crippen LogP contribution in [0.1, 0.15) is 156 Å². The van der Waals surface area contributed by atoms with Gasteiger partial charge in [0.2, 0.25) is 0 Å². The van der Waals surface area contributed by atoms with Gasteiger partial charge in [-0.05, 0) is 287 Å². The van der Waals surface area contributed by atoms with Crippen LogP contribution in [-0.2, 0) is 64.2 Å². The van der Waals surface area contributed by atoms with E-state index in [1.54, 1.807) is 154 Å². The molecule has 0 aliphatic carbocycles. The predicted octanol–water partition coefficient (Wildman–Crippen LogP) is 20.0. The van der Waals surface area contributed by atoms with E-state index in [1.807, 2.05) is 71.0 Å². The van der Waals surface area contributed by atoms with Crippen LogP contribution in [0.15, 0.2) is 237 Å². The molecule has 23 N–H and O–H groups in total. The molecule has 23 heteroatoms. The first-order valence-electron chi connectivity index (χ1n) is 41.8. The lowest BCUT2D eigenvalue weighted by atomic mass is 9.92. The average molecular weight is 1770 g/mol. The Balaban J connectivity index is 0.000000158. The molecule has 0 atom stereocenters. The van der Waals surface area contributed by atoms with Crippen molar-refractivity contribution in [1.29, 1.82) is 0 Å².